The van der Waals surface area contributed by atoms with E-state index >= 15 is 0 Å². The summed E-state index contributed by atoms with van der Waals surface area (Å²) in [4.78, 5) is 0. The zero-order chi connectivity index (χ0) is 17.3. The lowest BCUT2D eigenvalue weighted by Gasteiger charge is -2.55. The van der Waals surface area contributed by atoms with Gasteiger partial charge in [0.25, 0.3) is 0 Å². The second-order valence-electron chi connectivity index (χ2n) is 9.43. The van der Waals surface area contributed by atoms with Gasteiger partial charge in [0.1, 0.15) is 0 Å². The summed E-state index contributed by atoms with van der Waals surface area (Å²) in [5.41, 5.74) is 0.407. The molecule has 0 bridgehead atoms. The molecule has 6 atom stereocenters. The quantitative estimate of drug-likeness (QED) is 0.690. The highest BCUT2D eigenvalue weighted by Crippen LogP contribution is 2.65. The summed E-state index contributed by atoms with van der Waals surface area (Å²) in [5, 5.41) is 14.6. The van der Waals surface area contributed by atoms with Crippen molar-refractivity contribution in [1.29, 1.82) is 0 Å². The number of rotatable bonds is 7. The van der Waals surface area contributed by atoms with Crippen LogP contribution in [0.2, 0.25) is 0 Å². The van der Waals surface area contributed by atoms with E-state index in [4.69, 9.17) is 0 Å². The average molecular weight is 324 g/mol. The first kappa shape index (κ1) is 19.2. The third-order valence-corrected chi connectivity index (χ3v) is 7.70. The molecule has 0 saturated heterocycles. The molecule has 0 aromatic heterocycles. The van der Waals surface area contributed by atoms with Crippen molar-refractivity contribution in [3.8, 4) is 0 Å². The van der Waals surface area contributed by atoms with Crippen LogP contribution in [-0.4, -0.2) is 23.8 Å². The van der Waals surface area contributed by atoms with Gasteiger partial charge in [-0.25, -0.2) is 0 Å². The van der Waals surface area contributed by atoms with Gasteiger partial charge in [0.15, 0.2) is 0 Å². The molecule has 0 aliphatic heterocycles. The number of nitrogens with one attached hydrogen (secondary N) is 1. The lowest BCUT2D eigenvalue weighted by molar-refractivity contribution is -0.112. The largest absolute Gasteiger partial charge is 0.391 e. The second-order valence-corrected chi connectivity index (χ2v) is 9.43. The van der Waals surface area contributed by atoms with Gasteiger partial charge in [-0.2, -0.15) is 0 Å². The van der Waals surface area contributed by atoms with Crippen molar-refractivity contribution in [3.05, 3.63) is 0 Å². The van der Waals surface area contributed by atoms with Crippen LogP contribution < -0.4 is 5.32 Å². The number of aliphatic hydroxyl groups excluding tert-OH is 1. The SMILES string of the molecule is CCN[C@H]1CC[C@]2(C)[C@@H]([C@H](C)CCCC(C)C)CC[C@@]2(C)[C@H]1O. The Hall–Kier alpha value is -0.0800. The Morgan fingerprint density at radius 1 is 1.04 bits per heavy atom. The minimum absolute atomic E-state index is 0.0923. The number of fused-ring (bicyclic) bond motifs is 1. The van der Waals surface area contributed by atoms with E-state index in [0.29, 0.717) is 11.5 Å². The van der Waals surface area contributed by atoms with E-state index in [0.717, 1.165) is 30.7 Å². The summed E-state index contributed by atoms with van der Waals surface area (Å²) in [6, 6.07) is 0.299. The van der Waals surface area contributed by atoms with Gasteiger partial charge in [0.05, 0.1) is 6.10 Å². The highest BCUT2D eigenvalue weighted by molar-refractivity contribution is 5.12. The van der Waals surface area contributed by atoms with Crippen LogP contribution in [0, 0.1) is 28.6 Å². The van der Waals surface area contributed by atoms with Crippen molar-refractivity contribution >= 4 is 0 Å². The first-order chi connectivity index (χ1) is 10.8. The van der Waals surface area contributed by atoms with Crippen LogP contribution in [0.15, 0.2) is 0 Å². The number of likely N-dealkylation sites (N-methyl/N-ethyl adjacent to an activating group) is 1. The smallest absolute Gasteiger partial charge is 0.0751 e. The highest BCUT2D eigenvalue weighted by atomic mass is 16.3. The summed E-state index contributed by atoms with van der Waals surface area (Å²) < 4.78 is 0. The zero-order valence-electron chi connectivity index (χ0n) is 16.5. The first-order valence-electron chi connectivity index (χ1n) is 10.2. The van der Waals surface area contributed by atoms with E-state index in [1.165, 1.54) is 38.5 Å². The number of hydrogen-bond donors (Lipinski definition) is 2. The van der Waals surface area contributed by atoms with Gasteiger partial charge in [-0.1, -0.05) is 60.8 Å². The Morgan fingerprint density at radius 3 is 2.30 bits per heavy atom. The molecule has 23 heavy (non-hydrogen) atoms. The second kappa shape index (κ2) is 7.44. The van der Waals surface area contributed by atoms with Gasteiger partial charge in [0, 0.05) is 11.5 Å². The van der Waals surface area contributed by atoms with Crippen LogP contribution in [0.25, 0.3) is 0 Å². The van der Waals surface area contributed by atoms with Crippen molar-refractivity contribution in [2.75, 3.05) is 6.54 Å². The molecule has 2 heteroatoms. The van der Waals surface area contributed by atoms with Gasteiger partial charge >= 0.3 is 0 Å². The molecule has 0 spiro atoms. The lowest BCUT2D eigenvalue weighted by Crippen LogP contribution is -2.58. The zero-order valence-corrected chi connectivity index (χ0v) is 16.5. The summed E-state index contributed by atoms with van der Waals surface area (Å²) in [6.07, 6.45) is 8.82. The van der Waals surface area contributed by atoms with E-state index in [9.17, 15) is 5.11 Å². The molecule has 136 valence electrons. The fraction of sp³-hybridized carbons (Fsp3) is 1.00. The van der Waals surface area contributed by atoms with Crippen LogP contribution in [0.5, 0.6) is 0 Å². The fourth-order valence-electron chi connectivity index (χ4n) is 5.93. The van der Waals surface area contributed by atoms with Crippen molar-refractivity contribution in [2.24, 2.45) is 28.6 Å². The van der Waals surface area contributed by atoms with E-state index < -0.39 is 0 Å². The van der Waals surface area contributed by atoms with Gasteiger partial charge in [0.2, 0.25) is 0 Å². The minimum atomic E-state index is -0.186. The third-order valence-electron chi connectivity index (χ3n) is 7.70. The predicted octanol–water partition coefficient (Wildman–Crippen LogP) is 5.00. The van der Waals surface area contributed by atoms with Crippen LogP contribution >= 0.6 is 0 Å². The Kier molecular flexibility index (Phi) is 6.22. The topological polar surface area (TPSA) is 32.3 Å². The molecule has 0 heterocycles. The molecular weight excluding hydrogens is 282 g/mol. The maximum absolute atomic E-state index is 11.1. The monoisotopic (exact) mass is 323 g/mol. The highest BCUT2D eigenvalue weighted by Gasteiger charge is 2.61. The Morgan fingerprint density at radius 2 is 1.70 bits per heavy atom. The first-order valence-corrected chi connectivity index (χ1v) is 10.2. The predicted molar refractivity (Wildman–Crippen MR) is 99.5 cm³/mol. The van der Waals surface area contributed by atoms with E-state index in [2.05, 4.69) is 46.9 Å². The maximum Gasteiger partial charge on any atom is 0.0751 e. The third kappa shape index (κ3) is 3.49. The lowest BCUT2D eigenvalue weighted by atomic mass is 9.53. The molecule has 2 saturated carbocycles. The average Bonchev–Trinajstić information content (AvgIpc) is 2.76. The van der Waals surface area contributed by atoms with Crippen LogP contribution in [-0.2, 0) is 0 Å². The van der Waals surface area contributed by atoms with Gasteiger partial charge < -0.3 is 10.4 Å². The molecular formula is C21H41NO. The minimum Gasteiger partial charge on any atom is -0.391 e. The maximum atomic E-state index is 11.1. The molecule has 2 nitrogen and oxygen atoms in total. The van der Waals surface area contributed by atoms with Crippen LogP contribution in [0.1, 0.15) is 86.5 Å². The normalized spacial score (nSPS) is 42.0. The molecule has 0 unspecified atom stereocenters. The Balaban J connectivity index is 2.06. The molecule has 0 aromatic rings. The summed E-state index contributed by atoms with van der Waals surface area (Å²) >= 11 is 0. The van der Waals surface area contributed by atoms with E-state index in [-0.39, 0.29) is 11.5 Å². The summed E-state index contributed by atoms with van der Waals surface area (Å²) in [6.45, 7) is 15.1. The van der Waals surface area contributed by atoms with Crippen molar-refractivity contribution < 1.29 is 5.11 Å². The summed E-state index contributed by atoms with van der Waals surface area (Å²) in [7, 11) is 0. The van der Waals surface area contributed by atoms with Crippen molar-refractivity contribution in [3.63, 3.8) is 0 Å². The molecule has 0 radical (unpaired) electrons. The van der Waals surface area contributed by atoms with E-state index in [1.54, 1.807) is 0 Å². The molecule has 2 rings (SSSR count). The van der Waals surface area contributed by atoms with Crippen LogP contribution in [0.4, 0.5) is 0 Å². The molecule has 0 aromatic carbocycles. The molecule has 2 fully saturated rings. The van der Waals surface area contributed by atoms with Crippen LogP contribution in [0.3, 0.4) is 0 Å². The van der Waals surface area contributed by atoms with Gasteiger partial charge in [-0.3, -0.25) is 0 Å². The van der Waals surface area contributed by atoms with Gasteiger partial charge in [-0.05, 0) is 55.4 Å². The van der Waals surface area contributed by atoms with Crippen molar-refractivity contribution in [2.45, 2.75) is 98.6 Å². The standard InChI is InChI=1S/C21H41NO/c1-7-22-18-12-14-20(5)17(11-13-21(20,6)19(18)23)16(4)10-8-9-15(2)3/h15-19,22-23H,7-14H2,1-6H3/t16-,17-,18+,19+,20-,21+/m1/s1. The molecule has 2 aliphatic carbocycles. The molecule has 2 aliphatic rings. The van der Waals surface area contributed by atoms with E-state index in [1.807, 2.05) is 0 Å². The molecule has 0 amide bonds. The van der Waals surface area contributed by atoms with Crippen molar-refractivity contribution in [1.82, 2.24) is 5.32 Å². The Bertz CT molecular complexity index is 382. The number of aliphatic hydroxyl groups is 1. The number of hydrogen-bond acceptors (Lipinski definition) is 2. The Labute approximate surface area is 144 Å². The van der Waals surface area contributed by atoms with Gasteiger partial charge in [-0.15, -0.1) is 0 Å². The molecule has 2 N–H and O–H groups in total. The summed E-state index contributed by atoms with van der Waals surface area (Å²) in [5.74, 6) is 2.41. The fourth-order valence-corrected chi connectivity index (χ4v) is 5.93.